The zero-order valence-corrected chi connectivity index (χ0v) is 22.4. The second-order valence-corrected chi connectivity index (χ2v) is 10.9. The van der Waals surface area contributed by atoms with E-state index in [-0.39, 0.29) is 7.11 Å². The summed E-state index contributed by atoms with van der Waals surface area (Å²) in [5.41, 5.74) is 3.47. The van der Waals surface area contributed by atoms with Gasteiger partial charge in [0.15, 0.2) is 0 Å². The Hall–Kier alpha value is -3.32. The topological polar surface area (TPSA) is 74.2 Å². The number of rotatable bonds is 7. The van der Waals surface area contributed by atoms with Crippen LogP contribution in [0.5, 0.6) is 0 Å². The summed E-state index contributed by atoms with van der Waals surface area (Å²) < 4.78 is 39.8. The van der Waals surface area contributed by atoms with E-state index in [1.807, 2.05) is 0 Å². The van der Waals surface area contributed by atoms with Crippen LogP contribution in [-0.4, -0.2) is 115 Å². The fourth-order valence-electron chi connectivity index (χ4n) is 5.90. The van der Waals surface area contributed by atoms with Crippen LogP contribution in [0.1, 0.15) is 1.43 Å². The van der Waals surface area contributed by atoms with Crippen LogP contribution in [0.2, 0.25) is 0 Å². The highest BCUT2D eigenvalue weighted by Gasteiger charge is 2.34. The Balaban J connectivity index is 0.00000302. The molecule has 2 aromatic carbocycles. The van der Waals surface area contributed by atoms with E-state index < -0.39 is 11.6 Å². The van der Waals surface area contributed by atoms with E-state index in [0.717, 1.165) is 102 Å². The fourth-order valence-corrected chi connectivity index (χ4v) is 5.90. The predicted molar refractivity (Wildman–Crippen MR) is 150 cm³/mol. The van der Waals surface area contributed by atoms with Crippen molar-refractivity contribution in [2.75, 3.05) is 93.9 Å². The normalized spacial score (nSPS) is 21.4. The van der Waals surface area contributed by atoms with E-state index in [0.29, 0.717) is 18.0 Å². The molecule has 4 fully saturated rings. The van der Waals surface area contributed by atoms with Gasteiger partial charge in [0.2, 0.25) is 5.95 Å². The number of nitrogens with one attached hydrogen (secondary N) is 1. The molecule has 12 heteroatoms. The zero-order chi connectivity index (χ0) is 27.1. The maximum atomic E-state index is 13.7. The number of halogens is 2. The molecule has 3 aromatic rings. The number of morpholine rings is 1. The summed E-state index contributed by atoms with van der Waals surface area (Å²) in [6.45, 7) is 11.2. The molecule has 4 aliphatic rings. The summed E-state index contributed by atoms with van der Waals surface area (Å²) in [5, 5.41) is 7.75. The van der Waals surface area contributed by atoms with E-state index in [1.54, 1.807) is 0 Å². The molecule has 0 bridgehead atoms. The third-order valence-corrected chi connectivity index (χ3v) is 8.37. The highest BCUT2D eigenvalue weighted by Crippen LogP contribution is 2.33. The number of hydrogen-bond acceptors (Lipinski definition) is 9. The van der Waals surface area contributed by atoms with Crippen molar-refractivity contribution >= 4 is 23.0 Å². The van der Waals surface area contributed by atoms with Gasteiger partial charge in [0, 0.05) is 83.0 Å². The molecule has 0 radical (unpaired) electrons. The molecule has 7 rings (SSSR count). The Morgan fingerprint density at radius 2 is 1.40 bits per heavy atom. The summed E-state index contributed by atoms with van der Waals surface area (Å²) >= 11 is 0. The molecule has 0 saturated carbocycles. The van der Waals surface area contributed by atoms with Crippen molar-refractivity contribution in [2.24, 2.45) is 0 Å². The Morgan fingerprint density at radius 1 is 0.725 bits per heavy atom. The van der Waals surface area contributed by atoms with Gasteiger partial charge < -0.3 is 24.6 Å². The van der Waals surface area contributed by atoms with Gasteiger partial charge in [-0.3, -0.25) is 9.80 Å². The minimum atomic E-state index is -0.660. The number of anilines is 4. The number of hydrogen-bond donors (Lipinski definition) is 1. The Bertz CT molecular complexity index is 1320. The molecule has 0 amide bonds. The molecular formula is C28H36F2N8O2. The van der Waals surface area contributed by atoms with Gasteiger partial charge in [-0.05, 0) is 30.3 Å². The van der Waals surface area contributed by atoms with Gasteiger partial charge in [0.25, 0.3) is 0 Å². The smallest absolute Gasteiger partial charge is 0.246 e. The first-order chi connectivity index (χ1) is 19.6. The maximum Gasteiger partial charge on any atom is 0.246 e. The third kappa shape index (κ3) is 5.36. The van der Waals surface area contributed by atoms with Gasteiger partial charge in [0.05, 0.1) is 38.2 Å². The highest BCUT2D eigenvalue weighted by atomic mass is 19.1. The number of ether oxygens (including phenoxy) is 2. The number of aromatic nitrogens is 3. The van der Waals surface area contributed by atoms with Gasteiger partial charge in [-0.1, -0.05) is 0 Å². The predicted octanol–water partition coefficient (Wildman–Crippen LogP) is 2.58. The maximum absolute atomic E-state index is 13.7. The molecule has 4 saturated heterocycles. The van der Waals surface area contributed by atoms with Crippen molar-refractivity contribution in [1.29, 1.82) is 0 Å². The van der Waals surface area contributed by atoms with Crippen LogP contribution in [0.4, 0.5) is 31.8 Å². The van der Waals surface area contributed by atoms with Crippen LogP contribution in [0.15, 0.2) is 42.7 Å². The molecule has 10 nitrogen and oxygen atoms in total. The van der Waals surface area contributed by atoms with E-state index in [1.165, 1.54) is 23.1 Å². The average molecular weight is 555 g/mol. The van der Waals surface area contributed by atoms with Crippen LogP contribution < -0.4 is 15.1 Å². The highest BCUT2D eigenvalue weighted by molar-refractivity contribution is 5.72. The minimum absolute atomic E-state index is 0. The Labute approximate surface area is 233 Å². The summed E-state index contributed by atoms with van der Waals surface area (Å²) in [7, 11) is 0. The van der Waals surface area contributed by atoms with E-state index in [4.69, 9.17) is 9.47 Å². The lowest BCUT2D eigenvalue weighted by Crippen LogP contribution is -2.61. The van der Waals surface area contributed by atoms with Crippen molar-refractivity contribution in [3.05, 3.63) is 54.4 Å². The van der Waals surface area contributed by atoms with Crippen molar-refractivity contribution < 1.29 is 19.7 Å². The van der Waals surface area contributed by atoms with Crippen molar-refractivity contribution in [3.63, 3.8) is 0 Å². The molecule has 0 spiro atoms. The summed E-state index contributed by atoms with van der Waals surface area (Å²) in [6, 6.07) is 10.9. The largest absolute Gasteiger partial charge is 0.379 e. The summed E-state index contributed by atoms with van der Waals surface area (Å²) in [5.74, 6) is -0.961. The minimum Gasteiger partial charge on any atom is -0.379 e. The van der Waals surface area contributed by atoms with Gasteiger partial charge >= 0.3 is 0 Å². The summed E-state index contributed by atoms with van der Waals surface area (Å²) in [6.07, 6.45) is 1.45. The lowest BCUT2D eigenvalue weighted by atomic mass is 10.0. The van der Waals surface area contributed by atoms with E-state index in [9.17, 15) is 8.78 Å². The Kier molecular flexibility index (Phi) is 7.00. The molecule has 0 aliphatic carbocycles. The molecule has 0 unspecified atom stereocenters. The molecule has 1 N–H and O–H groups in total. The quantitative estimate of drug-likeness (QED) is 0.475. The van der Waals surface area contributed by atoms with Crippen LogP contribution >= 0.6 is 0 Å². The summed E-state index contributed by atoms with van der Waals surface area (Å²) in [4.78, 5) is 14.3. The monoisotopic (exact) mass is 554 g/mol. The lowest BCUT2D eigenvalue weighted by Gasteiger charge is -2.48. The first kappa shape index (κ1) is 25.6. The molecule has 1 aromatic heterocycles. The van der Waals surface area contributed by atoms with E-state index in [2.05, 4.69) is 53.2 Å². The van der Waals surface area contributed by atoms with Gasteiger partial charge in [-0.15, -0.1) is 5.10 Å². The SMILES string of the molecule is Fc1cc(F)cc(-n2cnc(Nc3cc(N4CCN(C5COC5)CC4)cc(N4CC(N5CCOCC5)C4)c3)n2)c1.[HH]. The first-order valence-corrected chi connectivity index (χ1v) is 14.0. The van der Waals surface area contributed by atoms with Crippen LogP contribution in [0.25, 0.3) is 5.69 Å². The van der Waals surface area contributed by atoms with E-state index >= 15 is 0 Å². The molecular weight excluding hydrogens is 518 g/mol. The molecule has 4 aliphatic heterocycles. The second kappa shape index (κ2) is 10.9. The number of nitrogens with zero attached hydrogens (tertiary/aromatic N) is 7. The zero-order valence-electron chi connectivity index (χ0n) is 22.4. The molecule has 5 heterocycles. The fraction of sp³-hybridized carbons (Fsp3) is 0.500. The van der Waals surface area contributed by atoms with Crippen molar-refractivity contribution in [1.82, 2.24) is 24.6 Å². The molecule has 214 valence electrons. The Morgan fingerprint density at radius 3 is 2.08 bits per heavy atom. The third-order valence-electron chi connectivity index (χ3n) is 8.37. The van der Waals surface area contributed by atoms with Gasteiger partial charge in [-0.25, -0.2) is 13.5 Å². The van der Waals surface area contributed by atoms with Crippen LogP contribution in [0.3, 0.4) is 0 Å². The average Bonchev–Trinajstić information content (AvgIpc) is 3.36. The lowest BCUT2D eigenvalue weighted by molar-refractivity contribution is -0.0660. The van der Waals surface area contributed by atoms with Crippen molar-refractivity contribution in [3.8, 4) is 5.69 Å². The molecule has 40 heavy (non-hydrogen) atoms. The standard InChI is InChI=1S/C28H34F2N8O2.H2/c29-20-9-21(30)11-25(10-20)38-19-31-28(33-38)32-22-12-23(34-1-3-35(4-2-34)27-17-40-18-27)14-24(13-22)37-15-26(16-37)36-5-7-39-8-6-36;/h9-14,19,26-27H,1-8,15-18H2,(H,32,33);1H. The van der Waals surface area contributed by atoms with Gasteiger partial charge in [-0.2, -0.15) is 4.98 Å². The second-order valence-electron chi connectivity index (χ2n) is 10.9. The molecule has 0 atom stereocenters. The van der Waals surface area contributed by atoms with Crippen LogP contribution in [0, 0.1) is 11.6 Å². The number of piperazine rings is 1. The van der Waals surface area contributed by atoms with Crippen LogP contribution in [-0.2, 0) is 9.47 Å². The number of benzene rings is 2. The van der Waals surface area contributed by atoms with Gasteiger partial charge in [0.1, 0.15) is 18.0 Å². The first-order valence-electron chi connectivity index (χ1n) is 14.0. The van der Waals surface area contributed by atoms with Crippen molar-refractivity contribution in [2.45, 2.75) is 12.1 Å².